The second-order valence-electron chi connectivity index (χ2n) is 9.99. The van der Waals surface area contributed by atoms with Crippen LogP contribution in [0.25, 0.3) is 10.8 Å². The van der Waals surface area contributed by atoms with Gasteiger partial charge in [0.15, 0.2) is 0 Å². The summed E-state index contributed by atoms with van der Waals surface area (Å²) in [5.74, 6) is 2.96. The Bertz CT molecular complexity index is 892. The van der Waals surface area contributed by atoms with Crippen molar-refractivity contribution in [3.63, 3.8) is 0 Å². The highest BCUT2D eigenvalue weighted by molar-refractivity contribution is 6.00. The molecule has 28 heavy (non-hydrogen) atoms. The lowest BCUT2D eigenvalue weighted by atomic mass is 9.47. The molecule has 2 aromatic carbocycles. The summed E-state index contributed by atoms with van der Waals surface area (Å²) in [5, 5.41) is 5.99. The third kappa shape index (κ3) is 2.62. The lowest BCUT2D eigenvalue weighted by molar-refractivity contribution is -0.00452. The lowest BCUT2D eigenvalue weighted by Gasteiger charge is -2.57. The van der Waals surface area contributed by atoms with Crippen molar-refractivity contribution in [1.29, 1.82) is 0 Å². The number of hydrogen-bond acceptors (Lipinski definition) is 2. The zero-order valence-electron chi connectivity index (χ0n) is 16.6. The Morgan fingerprint density at radius 3 is 2.25 bits per heavy atom. The topological polar surface area (TPSA) is 32.3 Å². The lowest BCUT2D eigenvalue weighted by Crippen LogP contribution is -2.49. The monoisotopic (exact) mass is 374 g/mol. The number of amides is 1. The Labute approximate surface area is 167 Å². The number of hydrogen-bond donors (Lipinski definition) is 1. The average Bonchev–Trinajstić information content (AvgIpc) is 2.72. The van der Waals surface area contributed by atoms with Gasteiger partial charge >= 0.3 is 0 Å². The first-order valence-electron chi connectivity index (χ1n) is 11.2. The summed E-state index contributed by atoms with van der Waals surface area (Å²) in [5.41, 5.74) is 2.71. The molecule has 2 aromatic rings. The molecule has 1 aliphatic heterocycles. The quantitative estimate of drug-likeness (QED) is 0.847. The smallest absolute Gasteiger partial charge is 0.253 e. The number of carbonyl (C=O) groups excluding carboxylic acids is 1. The predicted octanol–water partition coefficient (Wildman–Crippen LogP) is 4.35. The van der Waals surface area contributed by atoms with E-state index in [0.29, 0.717) is 5.41 Å². The highest BCUT2D eigenvalue weighted by Crippen LogP contribution is 2.61. The third-order valence-corrected chi connectivity index (χ3v) is 8.12. The standard InChI is InChI=1S/C25H30N2O/c28-24(27-7-5-26-6-8-27)21-12-20-3-1-2-4-22(20)23(13-21)25-14-17-9-18(15-25)11-19(10-17)16-25/h1-4,12-13,17-19,26H,5-11,14-16H2. The summed E-state index contributed by atoms with van der Waals surface area (Å²) in [6.45, 7) is 3.44. The first-order chi connectivity index (χ1) is 13.7. The van der Waals surface area contributed by atoms with Crippen molar-refractivity contribution >= 4 is 16.7 Å². The number of piperazine rings is 1. The van der Waals surface area contributed by atoms with E-state index in [1.165, 1.54) is 54.9 Å². The first-order valence-corrected chi connectivity index (χ1v) is 11.2. The van der Waals surface area contributed by atoms with Crippen LogP contribution in [0.15, 0.2) is 36.4 Å². The molecule has 4 saturated carbocycles. The normalized spacial score (nSPS) is 34.1. The van der Waals surface area contributed by atoms with Crippen molar-refractivity contribution in [1.82, 2.24) is 10.2 Å². The predicted molar refractivity (Wildman–Crippen MR) is 113 cm³/mol. The average molecular weight is 375 g/mol. The van der Waals surface area contributed by atoms with E-state index >= 15 is 0 Å². The van der Waals surface area contributed by atoms with Crippen LogP contribution >= 0.6 is 0 Å². The van der Waals surface area contributed by atoms with E-state index in [9.17, 15) is 4.79 Å². The highest BCUT2D eigenvalue weighted by Gasteiger charge is 2.52. The van der Waals surface area contributed by atoms with Crippen LogP contribution in [0.4, 0.5) is 0 Å². The van der Waals surface area contributed by atoms with Crippen molar-refractivity contribution in [3.8, 4) is 0 Å². The van der Waals surface area contributed by atoms with Crippen LogP contribution in [0, 0.1) is 17.8 Å². The molecular formula is C25H30N2O. The maximum Gasteiger partial charge on any atom is 0.253 e. The van der Waals surface area contributed by atoms with Crippen molar-refractivity contribution in [2.45, 2.75) is 43.9 Å². The SMILES string of the molecule is O=C(c1cc(C23CC4CC(CC(C4)C2)C3)c2ccccc2c1)N1CCNCC1. The minimum atomic E-state index is 0.221. The van der Waals surface area contributed by atoms with Crippen LogP contribution in [0.1, 0.15) is 54.4 Å². The van der Waals surface area contributed by atoms with Crippen molar-refractivity contribution in [2.75, 3.05) is 26.2 Å². The van der Waals surface area contributed by atoms with E-state index in [4.69, 9.17) is 0 Å². The first kappa shape index (κ1) is 17.0. The third-order valence-electron chi connectivity index (χ3n) is 8.12. The zero-order valence-corrected chi connectivity index (χ0v) is 16.6. The van der Waals surface area contributed by atoms with Crippen molar-refractivity contribution in [2.24, 2.45) is 17.8 Å². The molecule has 5 aliphatic rings. The van der Waals surface area contributed by atoms with Gasteiger partial charge in [0.2, 0.25) is 0 Å². The number of carbonyl (C=O) groups is 1. The molecule has 3 heteroatoms. The molecule has 1 amide bonds. The van der Waals surface area contributed by atoms with E-state index in [-0.39, 0.29) is 5.91 Å². The second-order valence-corrected chi connectivity index (χ2v) is 9.99. The van der Waals surface area contributed by atoms with Gasteiger partial charge in [-0.1, -0.05) is 24.3 Å². The van der Waals surface area contributed by atoms with Crippen LogP contribution < -0.4 is 5.32 Å². The van der Waals surface area contributed by atoms with Gasteiger partial charge in [0.1, 0.15) is 0 Å². The zero-order chi connectivity index (χ0) is 18.7. The Morgan fingerprint density at radius 1 is 0.929 bits per heavy atom. The van der Waals surface area contributed by atoms with Crippen LogP contribution in [0.3, 0.4) is 0 Å². The number of fused-ring (bicyclic) bond motifs is 1. The van der Waals surface area contributed by atoms with Crippen LogP contribution in [-0.4, -0.2) is 37.0 Å². The fourth-order valence-electron chi connectivity index (χ4n) is 7.36. The van der Waals surface area contributed by atoms with Crippen molar-refractivity contribution < 1.29 is 4.79 Å². The molecule has 0 unspecified atom stereocenters. The molecule has 5 fully saturated rings. The van der Waals surface area contributed by atoms with Gasteiger partial charge in [-0.15, -0.1) is 0 Å². The molecule has 1 saturated heterocycles. The molecule has 4 aliphatic carbocycles. The molecule has 1 N–H and O–H groups in total. The number of rotatable bonds is 2. The number of benzene rings is 2. The highest BCUT2D eigenvalue weighted by atomic mass is 16.2. The number of nitrogens with one attached hydrogen (secondary N) is 1. The van der Waals surface area contributed by atoms with Gasteiger partial charge in [-0.05, 0) is 90.2 Å². The van der Waals surface area contributed by atoms with Gasteiger partial charge in [0.05, 0.1) is 0 Å². The van der Waals surface area contributed by atoms with E-state index in [2.05, 4.69) is 41.7 Å². The van der Waals surface area contributed by atoms with Gasteiger partial charge in [-0.3, -0.25) is 4.79 Å². The van der Waals surface area contributed by atoms with Crippen LogP contribution in [0.2, 0.25) is 0 Å². The fourth-order valence-corrected chi connectivity index (χ4v) is 7.36. The Kier molecular flexibility index (Phi) is 3.84. The van der Waals surface area contributed by atoms with Gasteiger partial charge in [0.25, 0.3) is 5.91 Å². The molecule has 1 heterocycles. The largest absolute Gasteiger partial charge is 0.336 e. The molecule has 0 atom stereocenters. The summed E-state index contributed by atoms with van der Waals surface area (Å²) in [6, 6.07) is 13.2. The second kappa shape index (κ2) is 6.32. The summed E-state index contributed by atoms with van der Waals surface area (Å²) in [6.07, 6.45) is 8.39. The minimum absolute atomic E-state index is 0.221. The van der Waals surface area contributed by atoms with E-state index in [0.717, 1.165) is 49.5 Å². The molecular weight excluding hydrogens is 344 g/mol. The molecule has 3 nitrogen and oxygen atoms in total. The Hall–Kier alpha value is -1.87. The van der Waals surface area contributed by atoms with Gasteiger partial charge < -0.3 is 10.2 Å². The molecule has 0 radical (unpaired) electrons. The molecule has 0 aromatic heterocycles. The maximum atomic E-state index is 13.3. The molecule has 146 valence electrons. The Balaban J connectivity index is 1.47. The van der Waals surface area contributed by atoms with Crippen LogP contribution in [-0.2, 0) is 5.41 Å². The number of nitrogens with zero attached hydrogens (tertiary/aromatic N) is 1. The fraction of sp³-hybridized carbons (Fsp3) is 0.560. The summed E-state index contributed by atoms with van der Waals surface area (Å²) >= 11 is 0. The summed E-state index contributed by atoms with van der Waals surface area (Å²) in [4.78, 5) is 15.4. The molecule has 0 spiro atoms. The van der Waals surface area contributed by atoms with E-state index < -0.39 is 0 Å². The van der Waals surface area contributed by atoms with Crippen molar-refractivity contribution in [3.05, 3.63) is 47.5 Å². The summed E-state index contributed by atoms with van der Waals surface area (Å²) < 4.78 is 0. The van der Waals surface area contributed by atoms with Crippen LogP contribution in [0.5, 0.6) is 0 Å². The van der Waals surface area contributed by atoms with Gasteiger partial charge in [0, 0.05) is 31.7 Å². The Morgan fingerprint density at radius 2 is 1.57 bits per heavy atom. The van der Waals surface area contributed by atoms with E-state index in [1.807, 2.05) is 4.90 Å². The van der Waals surface area contributed by atoms with Gasteiger partial charge in [-0.2, -0.15) is 0 Å². The maximum absolute atomic E-state index is 13.3. The molecule has 7 rings (SSSR count). The van der Waals surface area contributed by atoms with E-state index in [1.54, 1.807) is 0 Å². The van der Waals surface area contributed by atoms with Gasteiger partial charge in [-0.25, -0.2) is 0 Å². The molecule has 4 bridgehead atoms. The summed E-state index contributed by atoms with van der Waals surface area (Å²) in [7, 11) is 0. The minimum Gasteiger partial charge on any atom is -0.336 e.